The molecule has 0 aromatic heterocycles. The maximum atomic E-state index is 12.7. The second kappa shape index (κ2) is 8.23. The lowest BCUT2D eigenvalue weighted by Gasteiger charge is -2.36. The number of hydrogen-bond acceptors (Lipinski definition) is 3. The normalized spacial score (nSPS) is 20.7. The molecule has 0 bridgehead atoms. The molecular weight excluding hydrogens is 318 g/mol. The molecule has 1 aromatic rings. The van der Waals surface area contributed by atoms with E-state index in [-0.39, 0.29) is 18.0 Å². The van der Waals surface area contributed by atoms with E-state index < -0.39 is 0 Å². The molecule has 1 aromatic carbocycles. The largest absolute Gasteiger partial charge is 0.497 e. The molecule has 6 nitrogen and oxygen atoms in total. The standard InChI is InChI=1S/C19H27N3O3/c1-25-17-8-4-6-15(14-17)20-19(24)22-12-3-2-7-16(22)10-13-21-11-5-9-18(21)23/h4,6,8,14,16H,2-3,5,7,9-13H2,1H3,(H,20,24). The Balaban J connectivity index is 1.59. The average molecular weight is 345 g/mol. The van der Waals surface area contributed by atoms with Crippen molar-refractivity contribution in [2.24, 2.45) is 0 Å². The van der Waals surface area contributed by atoms with Crippen molar-refractivity contribution in [3.8, 4) is 5.75 Å². The minimum absolute atomic E-state index is 0.0642. The molecule has 6 heteroatoms. The summed E-state index contributed by atoms with van der Waals surface area (Å²) in [5, 5.41) is 2.98. The summed E-state index contributed by atoms with van der Waals surface area (Å²) >= 11 is 0. The van der Waals surface area contributed by atoms with Gasteiger partial charge in [0.05, 0.1) is 7.11 Å². The summed E-state index contributed by atoms with van der Waals surface area (Å²) in [5.41, 5.74) is 0.739. The van der Waals surface area contributed by atoms with Crippen molar-refractivity contribution in [3.05, 3.63) is 24.3 Å². The monoisotopic (exact) mass is 345 g/mol. The molecule has 2 fully saturated rings. The zero-order valence-electron chi connectivity index (χ0n) is 14.9. The summed E-state index contributed by atoms with van der Waals surface area (Å²) < 4.78 is 5.21. The lowest BCUT2D eigenvalue weighted by molar-refractivity contribution is -0.127. The summed E-state index contributed by atoms with van der Waals surface area (Å²) in [6, 6.07) is 7.54. The van der Waals surface area contributed by atoms with Crippen molar-refractivity contribution in [2.75, 3.05) is 32.1 Å². The first-order valence-corrected chi connectivity index (χ1v) is 9.17. The molecule has 0 aliphatic carbocycles. The van der Waals surface area contributed by atoms with Crippen LogP contribution in [0.25, 0.3) is 0 Å². The van der Waals surface area contributed by atoms with E-state index in [1.807, 2.05) is 34.1 Å². The van der Waals surface area contributed by atoms with Crippen molar-refractivity contribution in [3.63, 3.8) is 0 Å². The SMILES string of the molecule is COc1cccc(NC(=O)N2CCCCC2CCN2CCCC2=O)c1. The summed E-state index contributed by atoms with van der Waals surface area (Å²) in [6.45, 7) is 2.39. The van der Waals surface area contributed by atoms with E-state index in [2.05, 4.69) is 5.32 Å². The zero-order valence-corrected chi connectivity index (χ0v) is 14.9. The maximum Gasteiger partial charge on any atom is 0.322 e. The number of piperidine rings is 1. The molecule has 1 N–H and O–H groups in total. The van der Waals surface area contributed by atoms with Crippen LogP contribution in [0.2, 0.25) is 0 Å². The van der Waals surface area contributed by atoms with Crippen LogP contribution in [-0.2, 0) is 4.79 Å². The second-order valence-corrected chi connectivity index (χ2v) is 6.78. The van der Waals surface area contributed by atoms with E-state index in [1.165, 1.54) is 0 Å². The summed E-state index contributed by atoms with van der Waals surface area (Å²) in [6.07, 6.45) is 5.67. The van der Waals surface area contributed by atoms with Crippen molar-refractivity contribution < 1.29 is 14.3 Å². The Morgan fingerprint density at radius 2 is 2.16 bits per heavy atom. The van der Waals surface area contributed by atoms with Crippen molar-refractivity contribution in [1.29, 1.82) is 0 Å². The predicted octanol–water partition coefficient (Wildman–Crippen LogP) is 3.09. The van der Waals surface area contributed by atoms with Gasteiger partial charge in [0, 0.05) is 43.9 Å². The van der Waals surface area contributed by atoms with Crippen LogP contribution in [0.3, 0.4) is 0 Å². The number of nitrogens with one attached hydrogen (secondary N) is 1. The van der Waals surface area contributed by atoms with Gasteiger partial charge >= 0.3 is 6.03 Å². The molecule has 2 saturated heterocycles. The summed E-state index contributed by atoms with van der Waals surface area (Å²) in [5.74, 6) is 0.976. The Labute approximate surface area is 149 Å². The third-order valence-electron chi connectivity index (χ3n) is 5.11. The van der Waals surface area contributed by atoms with Gasteiger partial charge in [0.15, 0.2) is 0 Å². The summed E-state index contributed by atoms with van der Waals surface area (Å²) in [4.78, 5) is 28.4. The number of nitrogens with zero attached hydrogens (tertiary/aromatic N) is 2. The Morgan fingerprint density at radius 3 is 2.92 bits per heavy atom. The van der Waals surface area contributed by atoms with Crippen LogP contribution in [0.15, 0.2) is 24.3 Å². The number of amides is 3. The quantitative estimate of drug-likeness (QED) is 0.892. The predicted molar refractivity (Wildman–Crippen MR) is 96.8 cm³/mol. The molecule has 2 aliphatic heterocycles. The molecule has 3 rings (SSSR count). The number of likely N-dealkylation sites (tertiary alicyclic amines) is 2. The first-order chi connectivity index (χ1) is 12.2. The Kier molecular flexibility index (Phi) is 5.79. The third-order valence-corrected chi connectivity index (χ3v) is 5.11. The van der Waals surface area contributed by atoms with Gasteiger partial charge in [-0.15, -0.1) is 0 Å². The number of hydrogen-bond donors (Lipinski definition) is 1. The molecule has 0 spiro atoms. The van der Waals surface area contributed by atoms with E-state index in [9.17, 15) is 9.59 Å². The van der Waals surface area contributed by atoms with Gasteiger partial charge in [-0.2, -0.15) is 0 Å². The Hall–Kier alpha value is -2.24. The van der Waals surface area contributed by atoms with Gasteiger partial charge in [-0.25, -0.2) is 4.79 Å². The molecular formula is C19H27N3O3. The third kappa shape index (κ3) is 4.44. The Morgan fingerprint density at radius 1 is 1.28 bits per heavy atom. The molecule has 136 valence electrons. The van der Waals surface area contributed by atoms with Crippen LogP contribution in [-0.4, -0.2) is 54.5 Å². The van der Waals surface area contributed by atoms with E-state index >= 15 is 0 Å². The lowest BCUT2D eigenvalue weighted by Crippen LogP contribution is -2.47. The lowest BCUT2D eigenvalue weighted by atomic mass is 9.99. The van der Waals surface area contributed by atoms with Crippen LogP contribution in [0.5, 0.6) is 5.75 Å². The Bertz CT molecular complexity index is 620. The van der Waals surface area contributed by atoms with E-state index in [4.69, 9.17) is 4.74 Å². The topological polar surface area (TPSA) is 61.9 Å². The first-order valence-electron chi connectivity index (χ1n) is 9.17. The van der Waals surface area contributed by atoms with Gasteiger partial charge in [-0.3, -0.25) is 4.79 Å². The molecule has 0 saturated carbocycles. The van der Waals surface area contributed by atoms with Gasteiger partial charge in [0.2, 0.25) is 5.91 Å². The smallest absolute Gasteiger partial charge is 0.322 e. The molecule has 1 unspecified atom stereocenters. The highest BCUT2D eigenvalue weighted by atomic mass is 16.5. The van der Waals surface area contributed by atoms with Crippen LogP contribution in [0, 0.1) is 0 Å². The van der Waals surface area contributed by atoms with Gasteiger partial charge < -0.3 is 19.9 Å². The van der Waals surface area contributed by atoms with Gasteiger partial charge in [-0.1, -0.05) is 6.07 Å². The second-order valence-electron chi connectivity index (χ2n) is 6.78. The van der Waals surface area contributed by atoms with E-state index in [1.54, 1.807) is 7.11 Å². The maximum absolute atomic E-state index is 12.7. The molecule has 2 heterocycles. The molecule has 0 radical (unpaired) electrons. The number of carbonyl (C=O) groups excluding carboxylic acids is 2. The van der Waals surface area contributed by atoms with Gasteiger partial charge in [-0.05, 0) is 44.2 Å². The molecule has 1 atom stereocenters. The van der Waals surface area contributed by atoms with Crippen molar-refractivity contribution in [1.82, 2.24) is 9.80 Å². The fourth-order valence-electron chi connectivity index (χ4n) is 3.71. The van der Waals surface area contributed by atoms with Crippen LogP contribution < -0.4 is 10.1 Å². The van der Waals surface area contributed by atoms with E-state index in [0.29, 0.717) is 6.42 Å². The highest BCUT2D eigenvalue weighted by Crippen LogP contribution is 2.23. The first kappa shape index (κ1) is 17.6. The van der Waals surface area contributed by atoms with Crippen LogP contribution >= 0.6 is 0 Å². The van der Waals surface area contributed by atoms with Crippen LogP contribution in [0.1, 0.15) is 38.5 Å². The summed E-state index contributed by atoms with van der Waals surface area (Å²) in [7, 11) is 1.61. The molecule has 25 heavy (non-hydrogen) atoms. The number of benzene rings is 1. The number of carbonyl (C=O) groups is 2. The van der Waals surface area contributed by atoms with Gasteiger partial charge in [0.25, 0.3) is 0 Å². The highest BCUT2D eigenvalue weighted by molar-refractivity contribution is 5.89. The van der Waals surface area contributed by atoms with Crippen molar-refractivity contribution in [2.45, 2.75) is 44.6 Å². The average Bonchev–Trinajstić information content (AvgIpc) is 3.05. The number of rotatable bonds is 5. The fraction of sp³-hybridized carbons (Fsp3) is 0.579. The molecule has 3 amide bonds. The van der Waals surface area contributed by atoms with Crippen molar-refractivity contribution >= 4 is 17.6 Å². The highest BCUT2D eigenvalue weighted by Gasteiger charge is 2.28. The number of anilines is 1. The minimum Gasteiger partial charge on any atom is -0.497 e. The minimum atomic E-state index is -0.0642. The van der Waals surface area contributed by atoms with Gasteiger partial charge in [0.1, 0.15) is 5.75 Å². The number of urea groups is 1. The zero-order chi connectivity index (χ0) is 17.6. The van der Waals surface area contributed by atoms with E-state index in [0.717, 1.165) is 63.2 Å². The molecule has 2 aliphatic rings. The van der Waals surface area contributed by atoms with Crippen LogP contribution in [0.4, 0.5) is 10.5 Å². The number of methoxy groups -OCH3 is 1. The fourth-order valence-corrected chi connectivity index (χ4v) is 3.71. The number of ether oxygens (including phenoxy) is 1.